The van der Waals surface area contributed by atoms with Gasteiger partial charge in [-0.1, -0.05) is 12.1 Å². The van der Waals surface area contributed by atoms with Crippen LogP contribution in [0.1, 0.15) is 24.7 Å². The maximum absolute atomic E-state index is 5.75. The monoisotopic (exact) mass is 298 g/mol. The van der Waals surface area contributed by atoms with Gasteiger partial charge >= 0.3 is 0 Å². The Bertz CT molecular complexity index is 422. The number of hydrogen-bond acceptors (Lipinski definition) is 7. The summed E-state index contributed by atoms with van der Waals surface area (Å²) in [5.41, 5.74) is 0. The first-order valence-corrected chi connectivity index (χ1v) is 8.48. The number of aromatic nitrogens is 2. The zero-order valence-corrected chi connectivity index (χ0v) is 12.7. The number of hydrogen-bond donors (Lipinski definition) is 1. The third-order valence-electron chi connectivity index (χ3n) is 3.79. The molecule has 0 spiro atoms. The first-order valence-electron chi connectivity index (χ1n) is 7.32. The lowest BCUT2D eigenvalue weighted by Gasteiger charge is -2.30. The molecule has 2 saturated heterocycles. The van der Waals surface area contributed by atoms with Gasteiger partial charge in [0.15, 0.2) is 0 Å². The van der Waals surface area contributed by atoms with Crippen LogP contribution >= 0.6 is 11.8 Å². The Hall–Kier alpha value is -0.630. The van der Waals surface area contributed by atoms with Crippen LogP contribution in [-0.2, 0) is 11.2 Å². The molecule has 0 amide bonds. The van der Waals surface area contributed by atoms with Gasteiger partial charge in [-0.15, -0.1) is 0 Å². The van der Waals surface area contributed by atoms with Crippen LogP contribution in [0.3, 0.4) is 0 Å². The summed E-state index contributed by atoms with van der Waals surface area (Å²) in [7, 11) is 0. The van der Waals surface area contributed by atoms with E-state index in [1.807, 2.05) is 11.8 Å². The van der Waals surface area contributed by atoms with Crippen molar-refractivity contribution >= 4 is 11.8 Å². The number of thioether (sulfide) groups is 1. The van der Waals surface area contributed by atoms with Gasteiger partial charge in [0.2, 0.25) is 11.7 Å². The summed E-state index contributed by atoms with van der Waals surface area (Å²) in [6.07, 6.45) is 0.763. The van der Waals surface area contributed by atoms with Crippen molar-refractivity contribution in [1.29, 1.82) is 0 Å². The van der Waals surface area contributed by atoms with Gasteiger partial charge in [-0.3, -0.25) is 4.90 Å². The van der Waals surface area contributed by atoms with Crippen LogP contribution in [0.5, 0.6) is 0 Å². The van der Waals surface area contributed by atoms with E-state index in [-0.39, 0.29) is 6.10 Å². The fraction of sp³-hybridized carbons (Fsp3) is 0.846. The predicted molar refractivity (Wildman–Crippen MR) is 77.9 cm³/mol. The van der Waals surface area contributed by atoms with Crippen LogP contribution in [-0.4, -0.2) is 65.4 Å². The molecule has 1 aromatic rings. The minimum Gasteiger partial charge on any atom is -0.367 e. The summed E-state index contributed by atoms with van der Waals surface area (Å²) in [5, 5.41) is 7.59. The smallest absolute Gasteiger partial charge is 0.228 e. The van der Waals surface area contributed by atoms with Gasteiger partial charge < -0.3 is 14.6 Å². The van der Waals surface area contributed by atoms with E-state index in [1.54, 1.807) is 0 Å². The van der Waals surface area contributed by atoms with Crippen molar-refractivity contribution in [2.75, 3.05) is 44.3 Å². The van der Waals surface area contributed by atoms with E-state index < -0.39 is 0 Å². The van der Waals surface area contributed by atoms with E-state index in [2.05, 4.69) is 27.3 Å². The standard InChI is InChI=1S/C13H22N4O2S/c1-2-17-4-5-18-11(8-17)13-15-12(19-16-13)7-10-9-20-6-3-14-10/h10-11,14H,2-9H2,1H3. The van der Waals surface area contributed by atoms with Crippen molar-refractivity contribution in [1.82, 2.24) is 20.4 Å². The van der Waals surface area contributed by atoms with E-state index in [4.69, 9.17) is 9.26 Å². The van der Waals surface area contributed by atoms with Crippen molar-refractivity contribution in [3.05, 3.63) is 11.7 Å². The second-order valence-corrected chi connectivity index (χ2v) is 6.38. The second-order valence-electron chi connectivity index (χ2n) is 5.23. The molecule has 0 aromatic carbocycles. The van der Waals surface area contributed by atoms with E-state index in [0.717, 1.165) is 50.9 Å². The molecule has 2 atom stereocenters. The lowest BCUT2D eigenvalue weighted by molar-refractivity contribution is -0.0334. The van der Waals surface area contributed by atoms with Crippen molar-refractivity contribution in [2.24, 2.45) is 0 Å². The average molecular weight is 298 g/mol. The molecule has 0 radical (unpaired) electrons. The van der Waals surface area contributed by atoms with Crippen LogP contribution in [0.4, 0.5) is 0 Å². The Morgan fingerprint density at radius 3 is 3.25 bits per heavy atom. The van der Waals surface area contributed by atoms with Crippen molar-refractivity contribution in [2.45, 2.75) is 25.5 Å². The van der Waals surface area contributed by atoms with Crippen molar-refractivity contribution in [3.63, 3.8) is 0 Å². The number of likely N-dealkylation sites (N-methyl/N-ethyl adjacent to an activating group) is 1. The lowest BCUT2D eigenvalue weighted by Crippen LogP contribution is -2.39. The summed E-state index contributed by atoms with van der Waals surface area (Å²) in [6, 6.07) is 0.446. The highest BCUT2D eigenvalue weighted by Gasteiger charge is 2.26. The second kappa shape index (κ2) is 6.89. The number of rotatable bonds is 4. The zero-order valence-electron chi connectivity index (χ0n) is 11.9. The third kappa shape index (κ3) is 3.52. The summed E-state index contributed by atoms with van der Waals surface area (Å²) in [4.78, 5) is 6.87. The Morgan fingerprint density at radius 2 is 2.45 bits per heavy atom. The molecule has 2 aliphatic heterocycles. The molecule has 2 fully saturated rings. The minimum absolute atomic E-state index is 0.0464. The van der Waals surface area contributed by atoms with Crippen LogP contribution in [0.2, 0.25) is 0 Å². The Labute approximate surface area is 123 Å². The zero-order chi connectivity index (χ0) is 13.8. The van der Waals surface area contributed by atoms with Gasteiger partial charge in [0.1, 0.15) is 6.10 Å². The van der Waals surface area contributed by atoms with Crippen LogP contribution < -0.4 is 5.32 Å². The van der Waals surface area contributed by atoms with E-state index in [0.29, 0.717) is 11.9 Å². The SMILES string of the molecule is CCN1CCOC(c2noc(CC3CSCCN3)n2)C1. The van der Waals surface area contributed by atoms with E-state index in [9.17, 15) is 0 Å². The third-order valence-corrected chi connectivity index (χ3v) is 4.92. The van der Waals surface area contributed by atoms with Crippen molar-refractivity contribution in [3.8, 4) is 0 Å². The first kappa shape index (κ1) is 14.3. The van der Waals surface area contributed by atoms with Gasteiger partial charge in [0, 0.05) is 43.6 Å². The number of nitrogens with one attached hydrogen (secondary N) is 1. The molecule has 3 heterocycles. The molecule has 2 unspecified atom stereocenters. The van der Waals surface area contributed by atoms with E-state index >= 15 is 0 Å². The number of morpholine rings is 1. The summed E-state index contributed by atoms with van der Waals surface area (Å²) < 4.78 is 11.1. The molecule has 7 heteroatoms. The average Bonchev–Trinajstić information content (AvgIpc) is 2.97. The van der Waals surface area contributed by atoms with E-state index in [1.165, 1.54) is 5.75 Å². The summed E-state index contributed by atoms with van der Waals surface area (Å²) >= 11 is 1.98. The molecule has 20 heavy (non-hydrogen) atoms. The molecule has 1 N–H and O–H groups in total. The lowest BCUT2D eigenvalue weighted by atomic mass is 10.2. The molecule has 0 bridgehead atoms. The molecule has 0 aliphatic carbocycles. The summed E-state index contributed by atoms with van der Waals surface area (Å²) in [6.45, 7) is 6.84. The Kier molecular flexibility index (Phi) is 4.93. The molecular weight excluding hydrogens is 276 g/mol. The fourth-order valence-electron chi connectivity index (χ4n) is 2.59. The molecule has 3 rings (SSSR count). The molecule has 2 aliphatic rings. The fourth-order valence-corrected chi connectivity index (χ4v) is 3.54. The highest BCUT2D eigenvalue weighted by molar-refractivity contribution is 7.99. The molecule has 112 valence electrons. The van der Waals surface area contributed by atoms with Crippen molar-refractivity contribution < 1.29 is 9.26 Å². The first-order chi connectivity index (χ1) is 9.85. The molecule has 0 saturated carbocycles. The maximum atomic E-state index is 5.75. The van der Waals surface area contributed by atoms with Gasteiger partial charge in [0.25, 0.3) is 0 Å². The van der Waals surface area contributed by atoms with Crippen LogP contribution in [0.15, 0.2) is 4.52 Å². The molecule has 1 aromatic heterocycles. The topological polar surface area (TPSA) is 63.4 Å². The van der Waals surface area contributed by atoms with Crippen LogP contribution in [0, 0.1) is 0 Å². The normalized spacial score (nSPS) is 28.6. The summed E-state index contributed by atoms with van der Waals surface area (Å²) in [5.74, 6) is 3.72. The maximum Gasteiger partial charge on any atom is 0.228 e. The highest BCUT2D eigenvalue weighted by atomic mass is 32.2. The highest BCUT2D eigenvalue weighted by Crippen LogP contribution is 2.20. The van der Waals surface area contributed by atoms with Crippen LogP contribution in [0.25, 0.3) is 0 Å². The molecular formula is C13H22N4O2S. The molecule has 6 nitrogen and oxygen atoms in total. The number of nitrogens with zero attached hydrogens (tertiary/aromatic N) is 3. The van der Waals surface area contributed by atoms with Gasteiger partial charge in [0.05, 0.1) is 6.61 Å². The Balaban J connectivity index is 1.58. The largest absolute Gasteiger partial charge is 0.367 e. The van der Waals surface area contributed by atoms with Gasteiger partial charge in [-0.25, -0.2) is 0 Å². The Morgan fingerprint density at radius 1 is 1.50 bits per heavy atom. The predicted octanol–water partition coefficient (Wildman–Crippen LogP) is 0.710. The quantitative estimate of drug-likeness (QED) is 0.878. The van der Waals surface area contributed by atoms with Gasteiger partial charge in [-0.05, 0) is 6.54 Å². The van der Waals surface area contributed by atoms with Gasteiger partial charge in [-0.2, -0.15) is 16.7 Å². The number of ether oxygens (including phenoxy) is 1. The minimum atomic E-state index is -0.0464.